The molecule has 0 unspecified atom stereocenters. The summed E-state index contributed by atoms with van der Waals surface area (Å²) in [5.41, 5.74) is 0. The minimum atomic E-state index is -0.822. The van der Waals surface area contributed by atoms with Gasteiger partial charge in [-0.25, -0.2) is 0 Å². The first-order valence-electron chi connectivity index (χ1n) is 8.85. The van der Waals surface area contributed by atoms with E-state index >= 15 is 0 Å². The molecular formula is C17H33KN2O4. The molecule has 0 aromatic heterocycles. The molecule has 0 atom stereocenters. The van der Waals surface area contributed by atoms with Crippen molar-refractivity contribution in [1.82, 2.24) is 4.90 Å². The summed E-state index contributed by atoms with van der Waals surface area (Å²) in [4.78, 5) is 16.7. The third-order valence-corrected chi connectivity index (χ3v) is 3.72. The van der Waals surface area contributed by atoms with Crippen LogP contribution in [0.15, 0.2) is 4.99 Å². The van der Waals surface area contributed by atoms with Gasteiger partial charge in [-0.15, -0.1) is 0 Å². The number of carboxylic acids is 1. The van der Waals surface area contributed by atoms with E-state index in [0.29, 0.717) is 32.5 Å². The summed E-state index contributed by atoms with van der Waals surface area (Å²) < 4.78 is 0. The fourth-order valence-corrected chi connectivity index (χ4v) is 2.31. The molecule has 0 saturated heterocycles. The molecule has 136 valence electrons. The van der Waals surface area contributed by atoms with Crippen LogP contribution in [0.3, 0.4) is 0 Å². The molecule has 6 nitrogen and oxygen atoms in total. The second-order valence-corrected chi connectivity index (χ2v) is 5.86. The monoisotopic (exact) mass is 368 g/mol. The van der Waals surface area contributed by atoms with Crippen molar-refractivity contribution < 1.29 is 71.5 Å². The Morgan fingerprint density at radius 3 is 2.33 bits per heavy atom. The van der Waals surface area contributed by atoms with Crippen LogP contribution in [0.25, 0.3) is 0 Å². The van der Waals surface area contributed by atoms with Crippen LogP contribution in [0.4, 0.5) is 0 Å². The summed E-state index contributed by atoms with van der Waals surface area (Å²) in [6, 6.07) is 0. The van der Waals surface area contributed by atoms with E-state index in [4.69, 9.17) is 10.2 Å². The van der Waals surface area contributed by atoms with Crippen molar-refractivity contribution in [2.75, 3.05) is 32.8 Å². The van der Waals surface area contributed by atoms with Crippen LogP contribution in [0.5, 0.6) is 0 Å². The van der Waals surface area contributed by atoms with E-state index < -0.39 is 5.97 Å². The standard InChI is InChI=1S/C17H34N2O4.K/c1-2-3-4-5-6-9-16(21)18-11-14-19(12-7-8-15-20)13-10-17(22)23;/h20H,2-15H2,1H3,(H,18,21)(H,22,23);/q;+1/p-1. The average Bonchev–Trinajstić information content (AvgIpc) is 2.52. The fourth-order valence-electron chi connectivity index (χ4n) is 2.31. The van der Waals surface area contributed by atoms with E-state index in [2.05, 4.69) is 11.9 Å². The number of aliphatic hydroxyl groups is 1. The predicted molar refractivity (Wildman–Crippen MR) is 90.7 cm³/mol. The molecule has 0 amide bonds. The van der Waals surface area contributed by atoms with E-state index in [1.807, 2.05) is 4.90 Å². The average molecular weight is 369 g/mol. The van der Waals surface area contributed by atoms with Gasteiger partial charge in [-0.3, -0.25) is 4.79 Å². The Balaban J connectivity index is 0. The van der Waals surface area contributed by atoms with Gasteiger partial charge in [-0.05, 0) is 38.1 Å². The number of aliphatic carboxylic acids is 1. The molecular weight excluding hydrogens is 335 g/mol. The summed E-state index contributed by atoms with van der Waals surface area (Å²) in [7, 11) is 0. The van der Waals surface area contributed by atoms with Crippen LogP contribution in [0.1, 0.15) is 64.7 Å². The van der Waals surface area contributed by atoms with Crippen molar-refractivity contribution in [3.05, 3.63) is 0 Å². The number of carboxylic acid groups (broad SMARTS) is 1. The van der Waals surface area contributed by atoms with Gasteiger partial charge in [-0.1, -0.05) is 32.6 Å². The van der Waals surface area contributed by atoms with E-state index in [9.17, 15) is 9.90 Å². The molecule has 0 fully saturated rings. The van der Waals surface area contributed by atoms with Crippen LogP contribution in [0, 0.1) is 0 Å². The van der Waals surface area contributed by atoms with Gasteiger partial charge in [0.25, 0.3) is 0 Å². The van der Waals surface area contributed by atoms with Gasteiger partial charge in [0.2, 0.25) is 0 Å². The van der Waals surface area contributed by atoms with Crippen LogP contribution < -0.4 is 56.5 Å². The van der Waals surface area contributed by atoms with Gasteiger partial charge in [0.05, 0.1) is 13.0 Å². The molecule has 0 saturated carbocycles. The second kappa shape index (κ2) is 19.8. The molecule has 0 aliphatic carbocycles. The molecule has 0 aromatic rings. The largest absolute Gasteiger partial charge is 1.00 e. The molecule has 7 heteroatoms. The SMILES string of the molecule is CCCCCCCC([O-])=NCCN(CCCCO)CCC(=O)O.[K+]. The summed E-state index contributed by atoms with van der Waals surface area (Å²) >= 11 is 0. The van der Waals surface area contributed by atoms with Crippen LogP contribution in [0.2, 0.25) is 0 Å². The molecule has 0 bridgehead atoms. The van der Waals surface area contributed by atoms with Gasteiger partial charge in [-0.2, -0.15) is 0 Å². The first-order valence-corrected chi connectivity index (χ1v) is 8.85. The Morgan fingerprint density at radius 1 is 1.00 bits per heavy atom. The zero-order chi connectivity index (χ0) is 17.3. The number of hydrogen-bond donors (Lipinski definition) is 2. The maximum Gasteiger partial charge on any atom is 1.00 e. The molecule has 0 heterocycles. The van der Waals surface area contributed by atoms with Gasteiger partial charge >= 0.3 is 57.4 Å². The first-order chi connectivity index (χ1) is 11.1. The molecule has 0 aromatic carbocycles. The van der Waals surface area contributed by atoms with Crippen molar-refractivity contribution in [2.45, 2.75) is 64.7 Å². The van der Waals surface area contributed by atoms with Gasteiger partial charge in [0.15, 0.2) is 0 Å². The molecule has 0 aliphatic rings. The summed E-state index contributed by atoms with van der Waals surface area (Å²) in [6.45, 7) is 4.52. The molecule has 0 radical (unpaired) electrons. The van der Waals surface area contributed by atoms with E-state index in [1.54, 1.807) is 0 Å². The van der Waals surface area contributed by atoms with Gasteiger partial charge in [0, 0.05) is 19.7 Å². The Hall–Kier alpha value is 0.496. The number of unbranched alkanes of at least 4 members (excludes halogenated alkanes) is 5. The Morgan fingerprint density at radius 2 is 1.71 bits per heavy atom. The third-order valence-electron chi connectivity index (χ3n) is 3.72. The number of hydrogen-bond acceptors (Lipinski definition) is 5. The van der Waals surface area contributed by atoms with Crippen molar-refractivity contribution >= 4 is 11.9 Å². The minimum absolute atomic E-state index is 0. The number of aliphatic hydroxyl groups excluding tert-OH is 1. The minimum Gasteiger partial charge on any atom is -0.862 e. The molecule has 2 N–H and O–H groups in total. The predicted octanol–water partition coefficient (Wildman–Crippen LogP) is -1.34. The van der Waals surface area contributed by atoms with Crippen LogP contribution >= 0.6 is 0 Å². The number of carbonyl (C=O) groups is 1. The zero-order valence-corrected chi connectivity index (χ0v) is 18.6. The number of aliphatic imine (C=N–C) groups is 1. The normalized spacial score (nSPS) is 11.5. The summed E-state index contributed by atoms with van der Waals surface area (Å²) in [5, 5.41) is 29.2. The molecule has 0 rings (SSSR count). The Bertz CT molecular complexity index is 328. The van der Waals surface area contributed by atoms with Gasteiger partial charge in [0.1, 0.15) is 0 Å². The topological polar surface area (TPSA) is 96.2 Å². The molecule has 0 aliphatic heterocycles. The maximum atomic E-state index is 11.7. The zero-order valence-electron chi connectivity index (χ0n) is 15.5. The van der Waals surface area contributed by atoms with Crippen molar-refractivity contribution in [3.63, 3.8) is 0 Å². The summed E-state index contributed by atoms with van der Waals surface area (Å²) in [5.74, 6) is -0.868. The van der Waals surface area contributed by atoms with E-state index in [-0.39, 0.29) is 70.3 Å². The van der Waals surface area contributed by atoms with E-state index in [0.717, 1.165) is 25.8 Å². The number of rotatable bonds is 16. The maximum absolute atomic E-state index is 11.7. The van der Waals surface area contributed by atoms with Crippen molar-refractivity contribution in [1.29, 1.82) is 0 Å². The van der Waals surface area contributed by atoms with Crippen LogP contribution in [-0.4, -0.2) is 59.8 Å². The first kappa shape index (κ1) is 26.7. The van der Waals surface area contributed by atoms with Crippen molar-refractivity contribution in [3.8, 4) is 0 Å². The summed E-state index contributed by atoms with van der Waals surface area (Å²) in [6.07, 6.45) is 7.71. The molecule has 24 heavy (non-hydrogen) atoms. The van der Waals surface area contributed by atoms with Crippen LogP contribution in [-0.2, 0) is 4.79 Å². The second-order valence-electron chi connectivity index (χ2n) is 5.86. The Labute approximate surface area is 189 Å². The van der Waals surface area contributed by atoms with E-state index in [1.165, 1.54) is 19.3 Å². The Kier molecular flexibility index (Phi) is 22.1. The van der Waals surface area contributed by atoms with Gasteiger partial charge < -0.3 is 25.2 Å². The molecule has 0 spiro atoms. The third kappa shape index (κ3) is 18.8. The fraction of sp³-hybridized carbons (Fsp3) is 0.882. The smallest absolute Gasteiger partial charge is 0.862 e. The quantitative estimate of drug-likeness (QED) is 0.152. The number of nitrogens with zero attached hydrogens (tertiary/aromatic N) is 2. The van der Waals surface area contributed by atoms with Crippen molar-refractivity contribution in [2.24, 2.45) is 4.99 Å².